The average Bonchev–Trinajstić information content (AvgIpc) is 2.60. The minimum atomic E-state index is -3.62. The molecule has 0 saturated heterocycles. The van der Waals surface area contributed by atoms with Gasteiger partial charge in [0.05, 0.1) is 11.4 Å². The fourth-order valence-corrected chi connectivity index (χ4v) is 3.98. The van der Waals surface area contributed by atoms with E-state index >= 15 is 0 Å². The lowest BCUT2D eigenvalue weighted by molar-refractivity contribution is -0.139. The summed E-state index contributed by atoms with van der Waals surface area (Å²) in [7, 11) is -3.62. The van der Waals surface area contributed by atoms with Crippen molar-refractivity contribution in [2.45, 2.75) is 36.7 Å². The number of carboxylic acid groups (broad SMARTS) is 1. The van der Waals surface area contributed by atoms with Crippen molar-refractivity contribution >= 4 is 21.9 Å². The van der Waals surface area contributed by atoms with Crippen LogP contribution in [0.5, 0.6) is 0 Å². The van der Waals surface area contributed by atoms with Crippen LogP contribution in [0.4, 0.5) is 0 Å². The molecule has 0 bridgehead atoms. The maximum Gasteiger partial charge on any atom is 0.317 e. The summed E-state index contributed by atoms with van der Waals surface area (Å²) in [6.07, 6.45) is 2.84. The number of benzene rings is 1. The molecule has 1 amide bonds. The van der Waals surface area contributed by atoms with Crippen LogP contribution in [0.2, 0.25) is 0 Å². The molecule has 1 saturated carbocycles. The molecular formula is C18H25N3O5S. The van der Waals surface area contributed by atoms with E-state index in [0.717, 1.165) is 0 Å². The van der Waals surface area contributed by atoms with Crippen molar-refractivity contribution in [2.24, 2.45) is 0 Å². The van der Waals surface area contributed by atoms with Gasteiger partial charge in [0.2, 0.25) is 10.0 Å². The van der Waals surface area contributed by atoms with Crippen LogP contribution in [-0.4, -0.2) is 62.0 Å². The van der Waals surface area contributed by atoms with Crippen molar-refractivity contribution in [3.8, 4) is 0 Å². The quantitative estimate of drug-likeness (QED) is 0.505. The van der Waals surface area contributed by atoms with Gasteiger partial charge < -0.3 is 10.4 Å². The Balaban J connectivity index is 1.89. The summed E-state index contributed by atoms with van der Waals surface area (Å²) in [6.45, 7) is 6.14. The number of rotatable bonds is 10. The van der Waals surface area contributed by atoms with Gasteiger partial charge in [-0.3, -0.25) is 14.5 Å². The van der Waals surface area contributed by atoms with E-state index in [0.29, 0.717) is 24.9 Å². The molecule has 8 nitrogen and oxygen atoms in total. The van der Waals surface area contributed by atoms with Gasteiger partial charge in [0, 0.05) is 24.2 Å². The van der Waals surface area contributed by atoms with Crippen molar-refractivity contribution in [1.82, 2.24) is 14.9 Å². The standard InChI is InChI=1S/C18H25N3O5S/c1-3-9-19-27(25,26)16-7-5-13(6-8-16)18(24)20-14-10-15(11-14)21(4-2)12-17(22)23/h3,5-8,14-15,19H,1,4,9-12H2,2H3,(H,20,24)(H,22,23). The minimum Gasteiger partial charge on any atom is -0.480 e. The second-order valence-electron chi connectivity index (χ2n) is 6.42. The lowest BCUT2D eigenvalue weighted by Gasteiger charge is -2.42. The maximum atomic E-state index is 12.3. The first-order valence-electron chi connectivity index (χ1n) is 8.74. The van der Waals surface area contributed by atoms with Crippen LogP contribution < -0.4 is 10.0 Å². The second kappa shape index (κ2) is 9.12. The molecule has 1 aliphatic rings. The fraction of sp³-hybridized carbons (Fsp3) is 0.444. The summed E-state index contributed by atoms with van der Waals surface area (Å²) in [5.41, 5.74) is 0.374. The Morgan fingerprint density at radius 1 is 1.30 bits per heavy atom. The molecular weight excluding hydrogens is 370 g/mol. The summed E-state index contributed by atoms with van der Waals surface area (Å²) in [4.78, 5) is 25.1. The van der Waals surface area contributed by atoms with Crippen LogP contribution in [-0.2, 0) is 14.8 Å². The molecule has 0 heterocycles. The number of aliphatic carboxylic acids is 1. The molecule has 1 aromatic rings. The van der Waals surface area contributed by atoms with Crippen LogP contribution in [0.25, 0.3) is 0 Å². The summed E-state index contributed by atoms with van der Waals surface area (Å²) < 4.78 is 26.4. The van der Waals surface area contributed by atoms with Crippen LogP contribution in [0, 0.1) is 0 Å². The first kappa shape index (κ1) is 21.1. The molecule has 0 spiro atoms. The van der Waals surface area contributed by atoms with Crippen molar-refractivity contribution in [3.63, 3.8) is 0 Å². The molecule has 1 aromatic carbocycles. The lowest BCUT2D eigenvalue weighted by atomic mass is 9.85. The predicted molar refractivity (Wildman–Crippen MR) is 101 cm³/mol. The highest BCUT2D eigenvalue weighted by Gasteiger charge is 2.34. The number of hydrogen-bond acceptors (Lipinski definition) is 5. The largest absolute Gasteiger partial charge is 0.480 e. The molecule has 9 heteroatoms. The molecule has 0 unspecified atom stereocenters. The topological polar surface area (TPSA) is 116 Å². The van der Waals surface area contributed by atoms with Gasteiger partial charge in [-0.05, 0) is 43.7 Å². The first-order valence-corrected chi connectivity index (χ1v) is 10.2. The molecule has 0 atom stereocenters. The monoisotopic (exact) mass is 395 g/mol. The molecule has 0 aromatic heterocycles. The number of hydrogen-bond donors (Lipinski definition) is 3. The van der Waals surface area contributed by atoms with Crippen molar-refractivity contribution in [2.75, 3.05) is 19.6 Å². The molecule has 2 rings (SSSR count). The van der Waals surface area contributed by atoms with Crippen LogP contribution in [0.3, 0.4) is 0 Å². The number of carbonyl (C=O) groups is 2. The van der Waals surface area contributed by atoms with Crippen molar-refractivity contribution in [1.29, 1.82) is 0 Å². The number of carbonyl (C=O) groups excluding carboxylic acids is 1. The molecule has 148 valence electrons. The number of nitrogens with zero attached hydrogens (tertiary/aromatic N) is 1. The number of likely N-dealkylation sites (N-methyl/N-ethyl adjacent to an activating group) is 1. The third-order valence-corrected chi connectivity index (χ3v) is 5.99. The zero-order valence-electron chi connectivity index (χ0n) is 15.2. The third-order valence-electron chi connectivity index (χ3n) is 4.55. The van der Waals surface area contributed by atoms with E-state index in [1.165, 1.54) is 30.3 Å². The Morgan fingerprint density at radius 3 is 2.44 bits per heavy atom. The Labute approximate surface area is 159 Å². The average molecular weight is 395 g/mol. The van der Waals surface area contributed by atoms with Gasteiger partial charge in [-0.1, -0.05) is 13.0 Å². The molecule has 27 heavy (non-hydrogen) atoms. The zero-order valence-corrected chi connectivity index (χ0v) is 16.0. The zero-order chi connectivity index (χ0) is 20.0. The Hall–Kier alpha value is -2.23. The van der Waals surface area contributed by atoms with Crippen LogP contribution in [0.15, 0.2) is 41.8 Å². The summed E-state index contributed by atoms with van der Waals surface area (Å²) >= 11 is 0. The van der Waals surface area contributed by atoms with E-state index in [9.17, 15) is 18.0 Å². The van der Waals surface area contributed by atoms with E-state index in [2.05, 4.69) is 16.6 Å². The number of sulfonamides is 1. The first-order chi connectivity index (χ1) is 12.8. The number of amides is 1. The predicted octanol–water partition coefficient (Wildman–Crippen LogP) is 0.818. The SMILES string of the molecule is C=CCNS(=O)(=O)c1ccc(C(=O)NC2CC(N(CC)CC(=O)O)C2)cc1. The smallest absolute Gasteiger partial charge is 0.317 e. The van der Waals surface area contributed by atoms with Gasteiger partial charge in [0.15, 0.2) is 0 Å². The van der Waals surface area contributed by atoms with Gasteiger partial charge in [-0.2, -0.15) is 0 Å². The van der Waals surface area contributed by atoms with E-state index in [-0.39, 0.29) is 36.0 Å². The molecule has 1 fully saturated rings. The van der Waals surface area contributed by atoms with E-state index in [1.54, 1.807) is 0 Å². The number of carboxylic acids is 1. The van der Waals surface area contributed by atoms with Gasteiger partial charge >= 0.3 is 5.97 Å². The number of nitrogens with one attached hydrogen (secondary N) is 2. The summed E-state index contributed by atoms with van der Waals surface area (Å²) in [5.74, 6) is -1.13. The normalized spacial score (nSPS) is 19.3. The highest BCUT2D eigenvalue weighted by molar-refractivity contribution is 7.89. The van der Waals surface area contributed by atoms with Gasteiger partial charge in [-0.15, -0.1) is 6.58 Å². The Kier molecular flexibility index (Phi) is 7.11. The van der Waals surface area contributed by atoms with Crippen LogP contribution in [0.1, 0.15) is 30.1 Å². The van der Waals surface area contributed by atoms with Gasteiger partial charge in [-0.25, -0.2) is 13.1 Å². The fourth-order valence-electron chi connectivity index (χ4n) is 2.98. The van der Waals surface area contributed by atoms with E-state index < -0.39 is 16.0 Å². The molecule has 0 aliphatic heterocycles. The van der Waals surface area contributed by atoms with E-state index in [1.807, 2.05) is 11.8 Å². The van der Waals surface area contributed by atoms with Crippen molar-refractivity contribution < 1.29 is 23.1 Å². The summed E-state index contributed by atoms with van der Waals surface area (Å²) in [5, 5.41) is 11.8. The van der Waals surface area contributed by atoms with Gasteiger partial charge in [0.1, 0.15) is 0 Å². The van der Waals surface area contributed by atoms with E-state index in [4.69, 9.17) is 5.11 Å². The maximum absolute atomic E-state index is 12.3. The third kappa shape index (κ3) is 5.62. The molecule has 1 aliphatic carbocycles. The molecule has 0 radical (unpaired) electrons. The lowest BCUT2D eigenvalue weighted by Crippen LogP contribution is -2.54. The Morgan fingerprint density at radius 2 is 1.93 bits per heavy atom. The highest BCUT2D eigenvalue weighted by atomic mass is 32.2. The highest BCUT2D eigenvalue weighted by Crippen LogP contribution is 2.26. The minimum absolute atomic E-state index is 0.00232. The molecule has 3 N–H and O–H groups in total. The Bertz CT molecular complexity index is 786. The van der Waals surface area contributed by atoms with Gasteiger partial charge in [0.25, 0.3) is 5.91 Å². The second-order valence-corrected chi connectivity index (χ2v) is 8.18. The van der Waals surface area contributed by atoms with Crippen LogP contribution >= 0.6 is 0 Å². The summed E-state index contributed by atoms with van der Waals surface area (Å²) in [6, 6.07) is 5.85. The van der Waals surface area contributed by atoms with Crippen molar-refractivity contribution in [3.05, 3.63) is 42.5 Å².